The van der Waals surface area contributed by atoms with Crippen LogP contribution in [0.2, 0.25) is 0 Å². The molecule has 1 aromatic rings. The van der Waals surface area contributed by atoms with E-state index in [9.17, 15) is 4.79 Å². The van der Waals surface area contributed by atoms with Gasteiger partial charge in [-0.15, -0.1) is 0 Å². The number of hydrogen-bond acceptors (Lipinski definition) is 2. The van der Waals surface area contributed by atoms with Gasteiger partial charge in [-0.1, -0.05) is 24.3 Å². The molecule has 0 radical (unpaired) electrons. The first kappa shape index (κ1) is 12.7. The van der Waals surface area contributed by atoms with E-state index in [1.165, 1.54) is 0 Å². The van der Waals surface area contributed by atoms with E-state index in [4.69, 9.17) is 9.84 Å². The van der Waals surface area contributed by atoms with Crippen LogP contribution >= 0.6 is 0 Å². The third-order valence-electron chi connectivity index (χ3n) is 2.75. The van der Waals surface area contributed by atoms with E-state index in [0.717, 1.165) is 11.1 Å². The van der Waals surface area contributed by atoms with Gasteiger partial charge in [0.25, 0.3) is 0 Å². The van der Waals surface area contributed by atoms with E-state index in [-0.39, 0.29) is 5.92 Å². The minimum absolute atomic E-state index is 0.360. The van der Waals surface area contributed by atoms with Crippen molar-refractivity contribution in [1.29, 1.82) is 0 Å². The zero-order chi connectivity index (χ0) is 12.0. The van der Waals surface area contributed by atoms with E-state index in [1.54, 1.807) is 7.11 Å². The lowest BCUT2D eigenvalue weighted by Crippen LogP contribution is -2.18. The van der Waals surface area contributed by atoms with Crippen molar-refractivity contribution in [3.63, 3.8) is 0 Å². The van der Waals surface area contributed by atoms with Gasteiger partial charge in [-0.2, -0.15) is 0 Å². The molecule has 0 aliphatic carbocycles. The zero-order valence-corrected chi connectivity index (χ0v) is 9.77. The molecule has 1 aromatic carbocycles. The Morgan fingerprint density at radius 3 is 2.69 bits per heavy atom. The molecule has 1 rings (SSSR count). The van der Waals surface area contributed by atoms with Crippen LogP contribution in [-0.2, 0) is 16.0 Å². The SMILES string of the molecule is COCCC(Cc1ccccc1C)C(=O)O. The molecule has 1 N–H and O–H groups in total. The molecule has 1 atom stereocenters. The average molecular weight is 222 g/mol. The lowest BCUT2D eigenvalue weighted by Gasteiger charge is -2.13. The van der Waals surface area contributed by atoms with Crippen LogP contribution in [-0.4, -0.2) is 24.8 Å². The average Bonchev–Trinajstić information content (AvgIpc) is 2.26. The predicted molar refractivity (Wildman–Crippen MR) is 62.5 cm³/mol. The number of rotatable bonds is 6. The zero-order valence-electron chi connectivity index (χ0n) is 9.77. The molecule has 3 nitrogen and oxygen atoms in total. The van der Waals surface area contributed by atoms with Gasteiger partial charge in [0.05, 0.1) is 5.92 Å². The Morgan fingerprint density at radius 1 is 1.44 bits per heavy atom. The summed E-state index contributed by atoms with van der Waals surface area (Å²) in [6, 6.07) is 7.89. The second-order valence-corrected chi connectivity index (χ2v) is 3.95. The largest absolute Gasteiger partial charge is 0.481 e. The molecule has 88 valence electrons. The van der Waals surface area contributed by atoms with Gasteiger partial charge < -0.3 is 9.84 Å². The van der Waals surface area contributed by atoms with E-state index >= 15 is 0 Å². The summed E-state index contributed by atoms with van der Waals surface area (Å²) >= 11 is 0. The first-order chi connectivity index (χ1) is 7.65. The summed E-state index contributed by atoms with van der Waals surface area (Å²) in [5, 5.41) is 9.10. The summed E-state index contributed by atoms with van der Waals surface area (Å²) < 4.78 is 4.93. The van der Waals surface area contributed by atoms with Crippen LogP contribution < -0.4 is 0 Å². The second kappa shape index (κ2) is 6.28. The van der Waals surface area contributed by atoms with E-state index in [1.807, 2.05) is 31.2 Å². The molecule has 3 heteroatoms. The maximum absolute atomic E-state index is 11.1. The molecule has 0 aromatic heterocycles. The van der Waals surface area contributed by atoms with Crippen LogP contribution in [0.4, 0.5) is 0 Å². The minimum atomic E-state index is -0.750. The van der Waals surface area contributed by atoms with E-state index < -0.39 is 5.97 Å². The molecule has 0 heterocycles. The fraction of sp³-hybridized carbons (Fsp3) is 0.462. The first-order valence-electron chi connectivity index (χ1n) is 5.41. The number of aliphatic carboxylic acids is 1. The lowest BCUT2D eigenvalue weighted by atomic mass is 9.94. The molecule has 0 spiro atoms. The number of hydrogen-bond donors (Lipinski definition) is 1. The Kier molecular flexibility index (Phi) is 4.99. The van der Waals surface area contributed by atoms with Crippen molar-refractivity contribution in [2.75, 3.05) is 13.7 Å². The number of aryl methyl sites for hydroxylation is 1. The highest BCUT2D eigenvalue weighted by atomic mass is 16.5. The van der Waals surface area contributed by atoms with Crippen LogP contribution in [0, 0.1) is 12.8 Å². The predicted octanol–water partition coefficient (Wildman–Crippen LogP) is 2.27. The number of ether oxygens (including phenoxy) is 1. The Bertz CT molecular complexity index is 347. The smallest absolute Gasteiger partial charge is 0.306 e. The van der Waals surface area contributed by atoms with Crippen molar-refractivity contribution in [2.24, 2.45) is 5.92 Å². The summed E-state index contributed by atoms with van der Waals surface area (Å²) in [7, 11) is 1.59. The Labute approximate surface area is 96.1 Å². The fourth-order valence-electron chi connectivity index (χ4n) is 1.68. The van der Waals surface area contributed by atoms with Crippen LogP contribution in [0.1, 0.15) is 17.5 Å². The van der Waals surface area contributed by atoms with Crippen molar-refractivity contribution >= 4 is 5.97 Å². The third-order valence-corrected chi connectivity index (χ3v) is 2.75. The molecular formula is C13H18O3. The number of benzene rings is 1. The summed E-state index contributed by atoms with van der Waals surface area (Å²) in [5.41, 5.74) is 2.25. The molecule has 0 saturated carbocycles. The number of carboxylic acids is 1. The van der Waals surface area contributed by atoms with E-state index in [0.29, 0.717) is 19.4 Å². The Morgan fingerprint density at radius 2 is 2.12 bits per heavy atom. The Hall–Kier alpha value is -1.35. The quantitative estimate of drug-likeness (QED) is 0.803. The van der Waals surface area contributed by atoms with Gasteiger partial charge in [0.2, 0.25) is 0 Å². The highest BCUT2D eigenvalue weighted by molar-refractivity contribution is 5.70. The molecule has 0 saturated heterocycles. The standard InChI is InChI=1S/C13H18O3/c1-10-5-3-4-6-11(10)9-12(13(14)15)7-8-16-2/h3-6,12H,7-9H2,1-2H3,(H,14,15). The molecular weight excluding hydrogens is 204 g/mol. The molecule has 0 aliphatic rings. The first-order valence-corrected chi connectivity index (χ1v) is 5.41. The van der Waals surface area contributed by atoms with Gasteiger partial charge >= 0.3 is 5.97 Å². The Balaban J connectivity index is 2.68. The topological polar surface area (TPSA) is 46.5 Å². The van der Waals surface area contributed by atoms with Gasteiger partial charge in [0, 0.05) is 13.7 Å². The van der Waals surface area contributed by atoms with Gasteiger partial charge in [-0.05, 0) is 30.9 Å². The molecule has 0 aliphatic heterocycles. The van der Waals surface area contributed by atoms with Crippen molar-refractivity contribution in [1.82, 2.24) is 0 Å². The van der Waals surface area contributed by atoms with Gasteiger partial charge in [-0.25, -0.2) is 0 Å². The molecule has 1 unspecified atom stereocenters. The molecule has 16 heavy (non-hydrogen) atoms. The van der Waals surface area contributed by atoms with Crippen molar-refractivity contribution in [2.45, 2.75) is 19.8 Å². The van der Waals surface area contributed by atoms with Crippen molar-refractivity contribution in [3.8, 4) is 0 Å². The van der Waals surface area contributed by atoms with E-state index in [2.05, 4.69) is 0 Å². The van der Waals surface area contributed by atoms with Gasteiger partial charge in [0.1, 0.15) is 0 Å². The molecule has 0 amide bonds. The monoisotopic (exact) mass is 222 g/mol. The molecule has 0 fully saturated rings. The summed E-state index contributed by atoms with van der Waals surface area (Å²) in [6.45, 7) is 2.49. The summed E-state index contributed by atoms with van der Waals surface area (Å²) in [6.07, 6.45) is 1.13. The number of methoxy groups -OCH3 is 1. The van der Waals surface area contributed by atoms with Crippen LogP contribution in [0.5, 0.6) is 0 Å². The lowest BCUT2D eigenvalue weighted by molar-refractivity contribution is -0.142. The summed E-state index contributed by atoms with van der Waals surface area (Å²) in [5.74, 6) is -1.11. The maximum atomic E-state index is 11.1. The number of carboxylic acid groups (broad SMARTS) is 1. The van der Waals surface area contributed by atoms with Crippen LogP contribution in [0.25, 0.3) is 0 Å². The number of carbonyl (C=O) groups is 1. The second-order valence-electron chi connectivity index (χ2n) is 3.95. The maximum Gasteiger partial charge on any atom is 0.306 e. The van der Waals surface area contributed by atoms with Crippen molar-refractivity contribution in [3.05, 3.63) is 35.4 Å². The van der Waals surface area contributed by atoms with Gasteiger partial charge in [-0.3, -0.25) is 4.79 Å². The normalized spacial score (nSPS) is 12.4. The third kappa shape index (κ3) is 3.66. The van der Waals surface area contributed by atoms with Crippen LogP contribution in [0.15, 0.2) is 24.3 Å². The fourth-order valence-corrected chi connectivity index (χ4v) is 1.68. The van der Waals surface area contributed by atoms with Gasteiger partial charge in [0.15, 0.2) is 0 Å². The molecule has 0 bridgehead atoms. The minimum Gasteiger partial charge on any atom is -0.481 e. The van der Waals surface area contributed by atoms with Crippen molar-refractivity contribution < 1.29 is 14.6 Å². The van der Waals surface area contributed by atoms with Crippen LogP contribution in [0.3, 0.4) is 0 Å². The summed E-state index contributed by atoms with van der Waals surface area (Å²) in [4.78, 5) is 11.1. The highest BCUT2D eigenvalue weighted by Gasteiger charge is 2.18. The highest BCUT2D eigenvalue weighted by Crippen LogP contribution is 2.16.